The van der Waals surface area contributed by atoms with E-state index in [0.717, 1.165) is 11.3 Å². The number of aryl methyl sites for hydroxylation is 2. The van der Waals surface area contributed by atoms with Gasteiger partial charge >= 0.3 is 12.0 Å². The molecule has 7 nitrogen and oxygen atoms in total. The van der Waals surface area contributed by atoms with Gasteiger partial charge in [-0.05, 0) is 40.5 Å². The molecule has 2 unspecified atom stereocenters. The van der Waals surface area contributed by atoms with Crippen molar-refractivity contribution in [3.63, 3.8) is 0 Å². The molecule has 1 heterocycles. The average Bonchev–Trinajstić information content (AvgIpc) is 2.68. The van der Waals surface area contributed by atoms with Crippen LogP contribution in [-0.4, -0.2) is 28.3 Å². The van der Waals surface area contributed by atoms with Crippen molar-refractivity contribution in [1.29, 1.82) is 0 Å². The van der Waals surface area contributed by atoms with Crippen LogP contribution in [0.15, 0.2) is 4.52 Å². The third-order valence-corrected chi connectivity index (χ3v) is 3.27. The fourth-order valence-corrected chi connectivity index (χ4v) is 2.27. The molecule has 1 aromatic heterocycles. The maximum atomic E-state index is 11.9. The van der Waals surface area contributed by atoms with Crippen LogP contribution >= 0.6 is 0 Å². The smallest absolute Gasteiger partial charge is 0.315 e. The summed E-state index contributed by atoms with van der Waals surface area (Å²) in [4.78, 5) is 22.3. The lowest BCUT2D eigenvalue weighted by molar-refractivity contribution is -0.137. The molecule has 2 atom stereocenters. The van der Waals surface area contributed by atoms with Gasteiger partial charge in [0, 0.05) is 18.0 Å². The van der Waals surface area contributed by atoms with Crippen LogP contribution in [0.4, 0.5) is 4.79 Å². The molecule has 0 aromatic carbocycles. The summed E-state index contributed by atoms with van der Waals surface area (Å²) in [7, 11) is 0. The molecule has 0 aliphatic rings. The molecule has 7 heteroatoms. The summed E-state index contributed by atoms with van der Waals surface area (Å²) in [6.07, 6.45) is 1.28. The Bertz CT molecular complexity index is 479. The number of carboxylic acid groups (broad SMARTS) is 1. The molecule has 2 amide bonds. The maximum Gasteiger partial charge on any atom is 0.315 e. The van der Waals surface area contributed by atoms with Gasteiger partial charge in [0.05, 0.1) is 11.7 Å². The monoisotopic (exact) mass is 297 g/mol. The van der Waals surface area contributed by atoms with Gasteiger partial charge in [0.25, 0.3) is 0 Å². The van der Waals surface area contributed by atoms with Crippen molar-refractivity contribution >= 4 is 12.0 Å². The van der Waals surface area contributed by atoms with Gasteiger partial charge in [-0.2, -0.15) is 0 Å². The van der Waals surface area contributed by atoms with Gasteiger partial charge in [0.1, 0.15) is 5.76 Å². The zero-order valence-corrected chi connectivity index (χ0v) is 12.9. The van der Waals surface area contributed by atoms with Crippen molar-refractivity contribution in [2.75, 3.05) is 0 Å². The second-order valence-corrected chi connectivity index (χ2v) is 5.26. The summed E-state index contributed by atoms with van der Waals surface area (Å²) in [5, 5.41) is 18.0. The van der Waals surface area contributed by atoms with E-state index in [0.29, 0.717) is 18.6 Å². The highest BCUT2D eigenvalue weighted by Crippen LogP contribution is 2.20. The van der Waals surface area contributed by atoms with Gasteiger partial charge in [0.15, 0.2) is 0 Å². The minimum atomic E-state index is -0.821. The number of aromatic nitrogens is 1. The molecular weight excluding hydrogens is 274 g/mol. The first-order chi connectivity index (χ1) is 9.81. The SMILES string of the molecule is Cc1noc(C)c1C(C)NC(=O)NC(C)CCCC(=O)O. The lowest BCUT2D eigenvalue weighted by atomic mass is 10.1. The highest BCUT2D eigenvalue weighted by Gasteiger charge is 2.18. The van der Waals surface area contributed by atoms with Crippen molar-refractivity contribution < 1.29 is 19.2 Å². The number of urea groups is 1. The first kappa shape index (κ1) is 17.0. The van der Waals surface area contributed by atoms with Gasteiger partial charge < -0.3 is 20.3 Å². The number of hydrogen-bond acceptors (Lipinski definition) is 4. The summed E-state index contributed by atoms with van der Waals surface area (Å²) in [5.41, 5.74) is 1.64. The Morgan fingerprint density at radius 3 is 2.48 bits per heavy atom. The molecular formula is C14H23N3O4. The quantitative estimate of drug-likeness (QED) is 0.716. The summed E-state index contributed by atoms with van der Waals surface area (Å²) >= 11 is 0. The Hall–Kier alpha value is -2.05. The molecule has 0 saturated carbocycles. The molecule has 21 heavy (non-hydrogen) atoms. The van der Waals surface area contributed by atoms with Gasteiger partial charge in [-0.25, -0.2) is 4.79 Å². The van der Waals surface area contributed by atoms with Crippen molar-refractivity contribution in [2.45, 2.75) is 59.0 Å². The predicted octanol–water partition coefficient (Wildman–Crippen LogP) is 2.30. The highest BCUT2D eigenvalue weighted by molar-refractivity contribution is 5.74. The van der Waals surface area contributed by atoms with Crippen molar-refractivity contribution in [3.8, 4) is 0 Å². The van der Waals surface area contributed by atoms with Crippen molar-refractivity contribution in [2.24, 2.45) is 0 Å². The molecule has 0 aliphatic carbocycles. The Morgan fingerprint density at radius 2 is 1.95 bits per heavy atom. The van der Waals surface area contributed by atoms with Crippen LogP contribution < -0.4 is 10.6 Å². The number of nitrogens with one attached hydrogen (secondary N) is 2. The largest absolute Gasteiger partial charge is 0.481 e. The Balaban J connectivity index is 2.41. The number of carboxylic acids is 1. The summed E-state index contributed by atoms with van der Waals surface area (Å²) in [6, 6.07) is -0.575. The summed E-state index contributed by atoms with van der Waals surface area (Å²) < 4.78 is 5.08. The van der Waals surface area contributed by atoms with Crippen molar-refractivity contribution in [1.82, 2.24) is 15.8 Å². The van der Waals surface area contributed by atoms with E-state index in [1.807, 2.05) is 20.8 Å². The number of aliphatic carboxylic acids is 1. The van der Waals surface area contributed by atoms with E-state index in [9.17, 15) is 9.59 Å². The molecule has 0 fully saturated rings. The molecule has 118 valence electrons. The lowest BCUT2D eigenvalue weighted by Crippen LogP contribution is -2.41. The lowest BCUT2D eigenvalue weighted by Gasteiger charge is -2.18. The molecule has 0 spiro atoms. The van der Waals surface area contributed by atoms with Crippen LogP contribution in [0.1, 0.15) is 56.2 Å². The number of hydrogen-bond donors (Lipinski definition) is 3. The fraction of sp³-hybridized carbons (Fsp3) is 0.643. The van der Waals surface area contributed by atoms with Gasteiger partial charge in [0.2, 0.25) is 0 Å². The fourth-order valence-electron chi connectivity index (χ4n) is 2.27. The molecule has 0 aliphatic heterocycles. The maximum absolute atomic E-state index is 11.9. The van der Waals surface area contributed by atoms with E-state index < -0.39 is 5.97 Å². The van der Waals surface area contributed by atoms with E-state index in [1.165, 1.54) is 0 Å². The summed E-state index contributed by atoms with van der Waals surface area (Å²) in [6.45, 7) is 7.35. The Kier molecular flexibility index (Phi) is 6.20. The van der Waals surface area contributed by atoms with Crippen LogP contribution in [0.25, 0.3) is 0 Å². The average molecular weight is 297 g/mol. The topological polar surface area (TPSA) is 104 Å². The number of nitrogens with zero attached hydrogens (tertiary/aromatic N) is 1. The second-order valence-electron chi connectivity index (χ2n) is 5.26. The third kappa shape index (κ3) is 5.45. The third-order valence-electron chi connectivity index (χ3n) is 3.27. The van der Waals surface area contributed by atoms with E-state index in [2.05, 4.69) is 15.8 Å². The Morgan fingerprint density at radius 1 is 1.29 bits per heavy atom. The Labute approximate surface area is 124 Å². The van der Waals surface area contributed by atoms with Gasteiger partial charge in [-0.1, -0.05) is 5.16 Å². The molecule has 0 bridgehead atoms. The van der Waals surface area contributed by atoms with Crippen LogP contribution in [0.3, 0.4) is 0 Å². The number of amides is 2. The van der Waals surface area contributed by atoms with E-state index >= 15 is 0 Å². The molecule has 1 aromatic rings. The normalized spacial score (nSPS) is 13.5. The first-order valence-electron chi connectivity index (χ1n) is 7.02. The number of rotatable bonds is 7. The standard InChI is InChI=1S/C14H23N3O4/c1-8(6-5-7-12(18)19)15-14(20)16-9(2)13-10(3)17-21-11(13)4/h8-9H,5-7H2,1-4H3,(H,18,19)(H2,15,16,20). The van der Waals surface area contributed by atoms with Gasteiger partial charge in [-0.3, -0.25) is 4.79 Å². The van der Waals surface area contributed by atoms with Gasteiger partial charge in [-0.15, -0.1) is 0 Å². The molecule has 0 saturated heterocycles. The molecule has 0 radical (unpaired) electrons. The first-order valence-corrected chi connectivity index (χ1v) is 7.02. The minimum Gasteiger partial charge on any atom is -0.481 e. The summed E-state index contributed by atoms with van der Waals surface area (Å²) in [5.74, 6) is -0.131. The molecule has 3 N–H and O–H groups in total. The zero-order chi connectivity index (χ0) is 16.0. The van der Waals surface area contributed by atoms with Crippen molar-refractivity contribution in [3.05, 3.63) is 17.0 Å². The van der Waals surface area contributed by atoms with Crippen LogP contribution in [-0.2, 0) is 4.79 Å². The van der Waals surface area contributed by atoms with E-state index in [-0.39, 0.29) is 24.5 Å². The minimum absolute atomic E-state index is 0.0822. The van der Waals surface area contributed by atoms with Crippen LogP contribution in [0.2, 0.25) is 0 Å². The number of carbonyl (C=O) groups excluding carboxylic acids is 1. The zero-order valence-electron chi connectivity index (χ0n) is 12.9. The molecule has 1 rings (SSSR count). The van der Waals surface area contributed by atoms with E-state index in [1.54, 1.807) is 6.92 Å². The highest BCUT2D eigenvalue weighted by atomic mass is 16.5. The van der Waals surface area contributed by atoms with E-state index in [4.69, 9.17) is 9.63 Å². The van der Waals surface area contributed by atoms with Crippen LogP contribution in [0.5, 0.6) is 0 Å². The predicted molar refractivity (Wildman–Crippen MR) is 77.0 cm³/mol. The number of carbonyl (C=O) groups is 2. The second kappa shape index (κ2) is 7.66. The van der Waals surface area contributed by atoms with Crippen LogP contribution in [0, 0.1) is 13.8 Å².